The Labute approximate surface area is 214 Å². The first-order valence-electron chi connectivity index (χ1n) is 12.3. The summed E-state index contributed by atoms with van der Waals surface area (Å²) < 4.78 is 0. The molecule has 0 bridgehead atoms. The molecule has 0 aliphatic carbocycles. The molecular formula is C29H28N6S. The summed E-state index contributed by atoms with van der Waals surface area (Å²) in [6.07, 6.45) is 10.3. The minimum atomic E-state index is 0.812. The predicted molar refractivity (Wildman–Crippen MR) is 148 cm³/mol. The van der Waals surface area contributed by atoms with Gasteiger partial charge < -0.3 is 4.98 Å². The quantitative estimate of drug-likeness (QED) is 0.251. The molecule has 7 heteroatoms. The number of nitrogens with one attached hydrogen (secondary N) is 2. The Balaban J connectivity index is 1.36. The van der Waals surface area contributed by atoms with Crippen molar-refractivity contribution in [1.82, 2.24) is 30.0 Å². The lowest BCUT2D eigenvalue weighted by Crippen LogP contribution is -2.18. The van der Waals surface area contributed by atoms with Crippen molar-refractivity contribution in [2.45, 2.75) is 26.3 Å². The fraction of sp³-hybridized carbons (Fsp3) is 0.207. The SMILES string of the molecule is C=C/C=C(/c1cccs1)c1cc(-c2n[nH]c3ccc(-c4cncc(CN5CCCC5)c4)nc23)[nH]c1C. The van der Waals surface area contributed by atoms with Crippen LogP contribution in [0.1, 0.15) is 34.5 Å². The van der Waals surface area contributed by atoms with Crippen molar-refractivity contribution in [1.29, 1.82) is 0 Å². The molecule has 0 radical (unpaired) electrons. The van der Waals surface area contributed by atoms with Crippen molar-refractivity contribution in [3.05, 3.63) is 94.6 Å². The second-order valence-corrected chi connectivity index (χ2v) is 10.2. The Morgan fingerprint density at radius 3 is 2.86 bits per heavy atom. The Morgan fingerprint density at radius 2 is 2.06 bits per heavy atom. The number of aromatic nitrogens is 5. The molecule has 180 valence electrons. The van der Waals surface area contributed by atoms with E-state index in [1.54, 1.807) is 11.3 Å². The summed E-state index contributed by atoms with van der Waals surface area (Å²) in [5.41, 5.74) is 10.0. The Bertz CT molecular complexity index is 1550. The second kappa shape index (κ2) is 9.68. The molecule has 1 aliphatic heterocycles. The maximum atomic E-state index is 5.03. The number of rotatable bonds is 7. The fourth-order valence-electron chi connectivity index (χ4n) is 4.98. The van der Waals surface area contributed by atoms with Crippen molar-refractivity contribution in [3.63, 3.8) is 0 Å². The zero-order valence-corrected chi connectivity index (χ0v) is 21.1. The van der Waals surface area contributed by atoms with Gasteiger partial charge in [0, 0.05) is 46.2 Å². The summed E-state index contributed by atoms with van der Waals surface area (Å²) >= 11 is 1.72. The van der Waals surface area contributed by atoms with Crippen LogP contribution in [0, 0.1) is 6.92 Å². The fourth-order valence-corrected chi connectivity index (χ4v) is 5.75. The highest BCUT2D eigenvalue weighted by Crippen LogP contribution is 2.34. The molecule has 0 unspecified atom stereocenters. The van der Waals surface area contributed by atoms with E-state index in [1.807, 2.05) is 30.6 Å². The molecule has 0 aromatic carbocycles. The normalized spacial score (nSPS) is 14.6. The molecule has 6 heterocycles. The van der Waals surface area contributed by atoms with Gasteiger partial charge in [0.1, 0.15) is 11.2 Å². The average molecular weight is 493 g/mol. The maximum absolute atomic E-state index is 5.03. The molecule has 36 heavy (non-hydrogen) atoms. The van der Waals surface area contributed by atoms with E-state index in [0.717, 1.165) is 57.1 Å². The van der Waals surface area contributed by atoms with Crippen molar-refractivity contribution >= 4 is 27.9 Å². The Morgan fingerprint density at radius 1 is 1.17 bits per heavy atom. The number of pyridine rings is 2. The molecular weight excluding hydrogens is 464 g/mol. The van der Waals surface area contributed by atoms with E-state index in [2.05, 4.69) is 74.3 Å². The van der Waals surface area contributed by atoms with Crippen LogP contribution in [0.3, 0.4) is 0 Å². The first-order valence-corrected chi connectivity index (χ1v) is 13.2. The van der Waals surface area contributed by atoms with E-state index in [0.29, 0.717) is 0 Å². The van der Waals surface area contributed by atoms with Gasteiger partial charge in [-0.05, 0) is 74.1 Å². The molecule has 6 rings (SSSR count). The van der Waals surface area contributed by atoms with E-state index in [9.17, 15) is 0 Å². The highest BCUT2D eigenvalue weighted by Gasteiger charge is 2.18. The molecule has 0 amide bonds. The van der Waals surface area contributed by atoms with Gasteiger partial charge in [0.2, 0.25) is 0 Å². The topological polar surface area (TPSA) is 73.5 Å². The number of hydrogen-bond acceptors (Lipinski definition) is 5. The van der Waals surface area contributed by atoms with Crippen LogP contribution in [-0.2, 0) is 6.54 Å². The largest absolute Gasteiger partial charge is 0.357 e. The molecule has 1 saturated heterocycles. The second-order valence-electron chi connectivity index (χ2n) is 9.25. The Kier molecular flexibility index (Phi) is 6.09. The lowest BCUT2D eigenvalue weighted by atomic mass is 10.0. The number of nitrogens with zero attached hydrogens (tertiary/aromatic N) is 4. The molecule has 0 spiro atoms. The number of likely N-dealkylation sites (tertiary alicyclic amines) is 1. The molecule has 0 atom stereocenters. The Hall–Kier alpha value is -3.81. The first-order chi connectivity index (χ1) is 17.7. The summed E-state index contributed by atoms with van der Waals surface area (Å²) in [6.45, 7) is 9.29. The number of aryl methyl sites for hydroxylation is 1. The lowest BCUT2D eigenvalue weighted by molar-refractivity contribution is 0.331. The summed E-state index contributed by atoms with van der Waals surface area (Å²) in [4.78, 5) is 16.8. The minimum Gasteiger partial charge on any atom is -0.357 e. The predicted octanol–water partition coefficient (Wildman–Crippen LogP) is 6.60. The van der Waals surface area contributed by atoms with E-state index in [4.69, 9.17) is 4.98 Å². The van der Waals surface area contributed by atoms with Gasteiger partial charge in [-0.1, -0.05) is 24.8 Å². The lowest BCUT2D eigenvalue weighted by Gasteiger charge is -2.14. The number of aromatic amines is 2. The van der Waals surface area contributed by atoms with Gasteiger partial charge in [-0.2, -0.15) is 5.10 Å². The molecule has 5 aromatic rings. The minimum absolute atomic E-state index is 0.812. The molecule has 5 aromatic heterocycles. The van der Waals surface area contributed by atoms with E-state index in [1.165, 1.54) is 36.4 Å². The highest BCUT2D eigenvalue weighted by atomic mass is 32.1. The van der Waals surface area contributed by atoms with Crippen LogP contribution in [0.2, 0.25) is 0 Å². The van der Waals surface area contributed by atoms with Crippen LogP contribution in [-0.4, -0.2) is 43.1 Å². The number of allylic oxidation sites excluding steroid dienone is 2. The number of fused-ring (bicyclic) bond motifs is 1. The monoisotopic (exact) mass is 492 g/mol. The van der Waals surface area contributed by atoms with Gasteiger partial charge in [0.05, 0.1) is 16.9 Å². The van der Waals surface area contributed by atoms with Gasteiger partial charge in [-0.3, -0.25) is 15.0 Å². The third-order valence-corrected chi connectivity index (χ3v) is 7.64. The summed E-state index contributed by atoms with van der Waals surface area (Å²) in [5, 5.41) is 9.88. The molecule has 2 N–H and O–H groups in total. The van der Waals surface area contributed by atoms with Gasteiger partial charge in [0.25, 0.3) is 0 Å². The highest BCUT2D eigenvalue weighted by molar-refractivity contribution is 7.11. The van der Waals surface area contributed by atoms with Gasteiger partial charge in [-0.25, -0.2) is 4.98 Å². The molecule has 6 nitrogen and oxygen atoms in total. The van der Waals surface area contributed by atoms with Gasteiger partial charge in [0.15, 0.2) is 0 Å². The summed E-state index contributed by atoms with van der Waals surface area (Å²) in [7, 11) is 0. The zero-order chi connectivity index (χ0) is 24.5. The first kappa shape index (κ1) is 22.6. The van der Waals surface area contributed by atoms with Crippen LogP contribution < -0.4 is 0 Å². The van der Waals surface area contributed by atoms with Gasteiger partial charge >= 0.3 is 0 Å². The number of H-pyrrole nitrogens is 2. The van der Waals surface area contributed by atoms with E-state index in [-0.39, 0.29) is 0 Å². The average Bonchev–Trinajstić information content (AvgIpc) is 3.70. The summed E-state index contributed by atoms with van der Waals surface area (Å²) in [6, 6.07) is 12.7. The smallest absolute Gasteiger partial charge is 0.135 e. The third-order valence-electron chi connectivity index (χ3n) is 6.73. The molecule has 0 saturated carbocycles. The van der Waals surface area contributed by atoms with Crippen molar-refractivity contribution in [2.75, 3.05) is 13.1 Å². The zero-order valence-electron chi connectivity index (χ0n) is 20.3. The van der Waals surface area contributed by atoms with Crippen LogP contribution in [0.15, 0.2) is 72.9 Å². The van der Waals surface area contributed by atoms with Crippen molar-refractivity contribution in [3.8, 4) is 22.6 Å². The van der Waals surface area contributed by atoms with E-state index < -0.39 is 0 Å². The van der Waals surface area contributed by atoms with Crippen LogP contribution in [0.25, 0.3) is 39.3 Å². The van der Waals surface area contributed by atoms with E-state index >= 15 is 0 Å². The number of hydrogen-bond donors (Lipinski definition) is 2. The maximum Gasteiger partial charge on any atom is 0.135 e. The van der Waals surface area contributed by atoms with Crippen molar-refractivity contribution in [2.24, 2.45) is 0 Å². The van der Waals surface area contributed by atoms with Gasteiger partial charge in [-0.15, -0.1) is 11.3 Å². The van der Waals surface area contributed by atoms with Crippen LogP contribution in [0.4, 0.5) is 0 Å². The molecule has 1 aliphatic rings. The third kappa shape index (κ3) is 4.32. The van der Waals surface area contributed by atoms with Crippen molar-refractivity contribution < 1.29 is 0 Å². The molecule has 1 fully saturated rings. The van der Waals surface area contributed by atoms with Crippen LogP contribution in [0.5, 0.6) is 0 Å². The summed E-state index contributed by atoms with van der Waals surface area (Å²) in [5.74, 6) is 0. The van der Waals surface area contributed by atoms with Crippen LogP contribution >= 0.6 is 11.3 Å². The standard InChI is InChI=1S/C29H28N6S/c1-3-7-22(27-8-6-13-36-27)23-15-26(31-19(23)2)29-28-25(33-34-29)10-9-24(32-28)21-14-20(16-30-17-21)18-35-11-4-5-12-35/h3,6-10,13-17,31H,1,4-5,11-12,18H2,2H3,(H,33,34)/b22-7+. The number of thiophene rings is 1.